The summed E-state index contributed by atoms with van der Waals surface area (Å²) in [6, 6.07) is 13.9. The van der Waals surface area contributed by atoms with Crippen molar-refractivity contribution in [2.24, 2.45) is 0 Å². The monoisotopic (exact) mass is 272 g/mol. The van der Waals surface area contributed by atoms with Crippen molar-refractivity contribution in [1.82, 2.24) is 0 Å². The Morgan fingerprint density at radius 1 is 1.20 bits per heavy atom. The van der Waals surface area contributed by atoms with Crippen LogP contribution in [0.1, 0.15) is 21.5 Å². The van der Waals surface area contributed by atoms with Crippen LogP contribution in [0.4, 0.5) is 4.39 Å². The van der Waals surface area contributed by atoms with Crippen molar-refractivity contribution in [3.05, 3.63) is 65.2 Å². The van der Waals surface area contributed by atoms with E-state index in [1.807, 2.05) is 6.07 Å². The van der Waals surface area contributed by atoms with Crippen LogP contribution in [0.3, 0.4) is 0 Å². The maximum atomic E-state index is 13.8. The van der Waals surface area contributed by atoms with Gasteiger partial charge in [0.15, 0.2) is 5.60 Å². The minimum Gasteiger partial charge on any atom is -0.497 e. The molecule has 0 fully saturated rings. The van der Waals surface area contributed by atoms with E-state index >= 15 is 0 Å². The van der Waals surface area contributed by atoms with Crippen molar-refractivity contribution in [1.29, 1.82) is 0 Å². The van der Waals surface area contributed by atoms with Crippen molar-refractivity contribution in [2.45, 2.75) is 5.60 Å². The summed E-state index contributed by atoms with van der Waals surface area (Å²) >= 11 is 0. The van der Waals surface area contributed by atoms with E-state index in [1.165, 1.54) is 7.11 Å². The van der Waals surface area contributed by atoms with E-state index in [9.17, 15) is 9.18 Å². The Bertz CT molecular complexity index is 654. The molecule has 0 N–H and O–H groups in total. The molecule has 0 amide bonds. The number of cyclic esters (lactones) is 1. The number of carbonyl (C=O) groups is 1. The highest BCUT2D eigenvalue weighted by Crippen LogP contribution is 2.43. The van der Waals surface area contributed by atoms with Gasteiger partial charge in [-0.05, 0) is 12.1 Å². The van der Waals surface area contributed by atoms with Crippen molar-refractivity contribution in [3.63, 3.8) is 0 Å². The van der Waals surface area contributed by atoms with Gasteiger partial charge in [-0.3, -0.25) is 0 Å². The molecule has 0 spiro atoms. The van der Waals surface area contributed by atoms with Crippen LogP contribution >= 0.6 is 0 Å². The van der Waals surface area contributed by atoms with Crippen LogP contribution in [0.25, 0.3) is 0 Å². The van der Waals surface area contributed by atoms with E-state index in [0.717, 1.165) is 0 Å². The van der Waals surface area contributed by atoms with Crippen molar-refractivity contribution in [3.8, 4) is 5.75 Å². The van der Waals surface area contributed by atoms with E-state index in [2.05, 4.69) is 0 Å². The van der Waals surface area contributed by atoms with Gasteiger partial charge in [0.1, 0.15) is 12.4 Å². The van der Waals surface area contributed by atoms with Gasteiger partial charge in [0.2, 0.25) is 0 Å². The van der Waals surface area contributed by atoms with Crippen LogP contribution < -0.4 is 4.74 Å². The Labute approximate surface area is 115 Å². The number of hydrogen-bond acceptors (Lipinski definition) is 3. The van der Waals surface area contributed by atoms with Gasteiger partial charge in [0.25, 0.3) is 0 Å². The second-order valence-corrected chi connectivity index (χ2v) is 4.63. The zero-order valence-electron chi connectivity index (χ0n) is 10.9. The Hall–Kier alpha value is -2.36. The van der Waals surface area contributed by atoms with Gasteiger partial charge < -0.3 is 9.47 Å². The second kappa shape index (κ2) is 4.63. The minimum absolute atomic E-state index is 0.353. The minimum atomic E-state index is -1.35. The second-order valence-electron chi connectivity index (χ2n) is 4.63. The Morgan fingerprint density at radius 3 is 2.60 bits per heavy atom. The number of esters is 1. The predicted octanol–water partition coefficient (Wildman–Crippen LogP) is 3.08. The molecule has 3 rings (SSSR count). The third kappa shape index (κ3) is 1.68. The number of halogens is 1. The van der Waals surface area contributed by atoms with Crippen LogP contribution in [-0.4, -0.2) is 19.8 Å². The molecule has 1 aliphatic rings. The third-order valence-electron chi connectivity index (χ3n) is 3.58. The van der Waals surface area contributed by atoms with Crippen molar-refractivity contribution >= 4 is 5.97 Å². The van der Waals surface area contributed by atoms with Crippen LogP contribution in [-0.2, 0) is 10.3 Å². The van der Waals surface area contributed by atoms with Crippen molar-refractivity contribution in [2.75, 3.05) is 13.8 Å². The summed E-state index contributed by atoms with van der Waals surface area (Å²) < 4.78 is 24.2. The van der Waals surface area contributed by atoms with Gasteiger partial charge in [0.05, 0.1) is 12.7 Å². The van der Waals surface area contributed by atoms with Crippen LogP contribution in [0.2, 0.25) is 0 Å². The molecule has 0 aliphatic carbocycles. The number of methoxy groups -OCH3 is 1. The first-order valence-corrected chi connectivity index (χ1v) is 6.24. The average Bonchev–Trinajstić information content (AvgIpc) is 2.81. The smallest absolute Gasteiger partial charge is 0.340 e. The van der Waals surface area contributed by atoms with E-state index in [-0.39, 0.29) is 0 Å². The summed E-state index contributed by atoms with van der Waals surface area (Å²) in [6.45, 7) is -0.803. The number of hydrogen-bond donors (Lipinski definition) is 0. The summed E-state index contributed by atoms with van der Waals surface area (Å²) in [5.74, 6) is 0.0174. The van der Waals surface area contributed by atoms with Gasteiger partial charge in [-0.25, -0.2) is 9.18 Å². The van der Waals surface area contributed by atoms with Gasteiger partial charge in [-0.15, -0.1) is 0 Å². The molecule has 0 saturated heterocycles. The van der Waals surface area contributed by atoms with Gasteiger partial charge in [-0.1, -0.05) is 36.4 Å². The lowest BCUT2D eigenvalue weighted by atomic mass is 9.86. The van der Waals surface area contributed by atoms with Gasteiger partial charge in [0, 0.05) is 11.1 Å². The highest BCUT2D eigenvalue weighted by Gasteiger charge is 2.47. The van der Waals surface area contributed by atoms with Crippen LogP contribution in [0.5, 0.6) is 5.75 Å². The Balaban J connectivity index is 2.20. The van der Waals surface area contributed by atoms with Crippen LogP contribution in [0.15, 0.2) is 48.5 Å². The molecule has 102 valence electrons. The van der Waals surface area contributed by atoms with Gasteiger partial charge >= 0.3 is 5.97 Å². The first-order chi connectivity index (χ1) is 9.71. The lowest BCUT2D eigenvalue weighted by molar-refractivity contribution is 0.000391. The maximum absolute atomic E-state index is 13.8. The Kier molecular flexibility index (Phi) is 2.93. The number of carbonyl (C=O) groups excluding carboxylic acids is 1. The normalized spacial score (nSPS) is 20.4. The zero-order chi connectivity index (χ0) is 14.2. The molecule has 1 atom stereocenters. The largest absolute Gasteiger partial charge is 0.497 e. The fraction of sp³-hybridized carbons (Fsp3) is 0.188. The fourth-order valence-corrected chi connectivity index (χ4v) is 2.54. The highest BCUT2D eigenvalue weighted by molar-refractivity contribution is 5.96. The molecule has 2 aromatic rings. The lowest BCUT2D eigenvalue weighted by Gasteiger charge is -2.26. The lowest BCUT2D eigenvalue weighted by Crippen LogP contribution is -2.30. The van der Waals surface area contributed by atoms with Gasteiger partial charge in [-0.2, -0.15) is 0 Å². The molecule has 2 aromatic carbocycles. The molecule has 0 bridgehead atoms. The quantitative estimate of drug-likeness (QED) is 0.805. The average molecular weight is 272 g/mol. The molecule has 1 aliphatic heterocycles. The van der Waals surface area contributed by atoms with E-state index < -0.39 is 18.2 Å². The standard InChI is InChI=1S/C16H13FO3/c1-19-12-7-8-14-13(9-12)15(18)20-16(14,10-17)11-5-3-2-4-6-11/h2-9H,10H2,1H3/t16-/m1/s1. The first kappa shape index (κ1) is 12.7. The molecule has 1 heterocycles. The number of benzene rings is 2. The molecule has 20 heavy (non-hydrogen) atoms. The predicted molar refractivity (Wildman–Crippen MR) is 71.6 cm³/mol. The molecule has 0 unspecified atom stereocenters. The topological polar surface area (TPSA) is 35.5 Å². The van der Waals surface area contributed by atoms with Crippen LogP contribution in [0, 0.1) is 0 Å². The maximum Gasteiger partial charge on any atom is 0.340 e. The molecule has 0 saturated carbocycles. The molecule has 3 nitrogen and oxygen atoms in total. The van der Waals surface area contributed by atoms with Crippen molar-refractivity contribution < 1.29 is 18.7 Å². The molecular weight excluding hydrogens is 259 g/mol. The third-order valence-corrected chi connectivity index (χ3v) is 3.58. The molecular formula is C16H13FO3. The molecule has 4 heteroatoms. The number of rotatable bonds is 3. The summed E-state index contributed by atoms with van der Waals surface area (Å²) in [7, 11) is 1.52. The zero-order valence-corrected chi connectivity index (χ0v) is 10.9. The summed E-state index contributed by atoms with van der Waals surface area (Å²) in [6.07, 6.45) is 0. The highest BCUT2D eigenvalue weighted by atomic mass is 19.1. The SMILES string of the molecule is COc1ccc2c(c1)C(=O)O[C@]2(CF)c1ccccc1. The summed E-state index contributed by atoms with van der Waals surface area (Å²) in [5.41, 5.74) is 0.169. The molecule has 0 radical (unpaired) electrons. The molecule has 0 aromatic heterocycles. The number of ether oxygens (including phenoxy) is 2. The van der Waals surface area contributed by atoms with E-state index in [4.69, 9.17) is 9.47 Å². The van der Waals surface area contributed by atoms with E-state index in [0.29, 0.717) is 22.4 Å². The fourth-order valence-electron chi connectivity index (χ4n) is 2.54. The summed E-state index contributed by atoms with van der Waals surface area (Å²) in [4.78, 5) is 12.0. The first-order valence-electron chi connectivity index (χ1n) is 6.24. The summed E-state index contributed by atoms with van der Waals surface area (Å²) in [5, 5.41) is 0. The number of alkyl halides is 1. The Morgan fingerprint density at radius 2 is 1.95 bits per heavy atom. The number of fused-ring (bicyclic) bond motifs is 1. The van der Waals surface area contributed by atoms with E-state index in [1.54, 1.807) is 42.5 Å².